The third-order valence-electron chi connectivity index (χ3n) is 2.66. The third-order valence-corrected chi connectivity index (χ3v) is 2.66. The van der Waals surface area contributed by atoms with Crippen molar-refractivity contribution in [2.75, 3.05) is 0 Å². The molecule has 17 heavy (non-hydrogen) atoms. The molecule has 1 aromatic carbocycles. The summed E-state index contributed by atoms with van der Waals surface area (Å²) in [7, 11) is 3.49. The first-order valence-electron chi connectivity index (χ1n) is 5.69. The van der Waals surface area contributed by atoms with Gasteiger partial charge >= 0.3 is 5.69 Å². The van der Waals surface area contributed by atoms with E-state index in [1.54, 1.807) is 23.2 Å². The highest BCUT2D eigenvalue weighted by Crippen LogP contribution is 2.18. The third kappa shape index (κ3) is 1.99. The molecule has 0 amide bonds. The molecule has 0 N–H and O–H groups in total. The summed E-state index contributed by atoms with van der Waals surface area (Å²) in [5, 5.41) is 0. The van der Waals surface area contributed by atoms with Crippen molar-refractivity contribution in [3.8, 4) is 12.3 Å². The predicted molar refractivity (Wildman–Crippen MR) is 72.2 cm³/mol. The van der Waals surface area contributed by atoms with E-state index < -0.39 is 0 Å². The summed E-state index contributed by atoms with van der Waals surface area (Å²) < 4.78 is 3.20. The first kappa shape index (κ1) is 13.1. The van der Waals surface area contributed by atoms with E-state index in [1.807, 2.05) is 32.9 Å². The van der Waals surface area contributed by atoms with Crippen molar-refractivity contribution < 1.29 is 0 Å². The van der Waals surface area contributed by atoms with Gasteiger partial charge in [0.05, 0.1) is 16.6 Å². The lowest BCUT2D eigenvalue weighted by Crippen LogP contribution is -2.19. The SMILES string of the molecule is C#Cc1cc(C)cc2c1n(C)c(=O)n2C.CC. The van der Waals surface area contributed by atoms with Gasteiger partial charge in [-0.05, 0) is 24.6 Å². The Labute approximate surface area is 102 Å². The van der Waals surface area contributed by atoms with E-state index in [0.717, 1.165) is 22.2 Å². The molecule has 3 heteroatoms. The molecule has 2 rings (SSSR count). The number of aryl methyl sites for hydroxylation is 3. The molecule has 0 spiro atoms. The average molecular weight is 230 g/mol. The zero-order valence-corrected chi connectivity index (χ0v) is 11.0. The summed E-state index contributed by atoms with van der Waals surface area (Å²) in [6.07, 6.45) is 5.44. The number of benzene rings is 1. The molecule has 0 fully saturated rings. The van der Waals surface area contributed by atoms with Crippen LogP contribution in [-0.4, -0.2) is 9.13 Å². The van der Waals surface area contributed by atoms with Crippen LogP contribution in [0.1, 0.15) is 25.0 Å². The minimum absolute atomic E-state index is 0.0490. The second-order valence-corrected chi connectivity index (χ2v) is 3.73. The largest absolute Gasteiger partial charge is 0.328 e. The second kappa shape index (κ2) is 4.92. The zero-order chi connectivity index (χ0) is 13.2. The highest BCUT2D eigenvalue weighted by Gasteiger charge is 2.10. The molecule has 2 aromatic rings. The Bertz CT molecular complexity index is 639. The van der Waals surface area contributed by atoms with E-state index in [0.29, 0.717) is 0 Å². The normalized spacial score (nSPS) is 9.65. The minimum Gasteiger partial charge on any atom is -0.295 e. The van der Waals surface area contributed by atoms with Crippen molar-refractivity contribution in [3.05, 3.63) is 33.7 Å². The molecule has 0 aliphatic carbocycles. The molecule has 3 nitrogen and oxygen atoms in total. The van der Waals surface area contributed by atoms with Gasteiger partial charge in [0.25, 0.3) is 0 Å². The fraction of sp³-hybridized carbons (Fsp3) is 0.357. The van der Waals surface area contributed by atoms with Gasteiger partial charge in [-0.3, -0.25) is 9.13 Å². The van der Waals surface area contributed by atoms with Gasteiger partial charge < -0.3 is 0 Å². The molecule has 1 aromatic heterocycles. The maximum absolute atomic E-state index is 11.7. The van der Waals surface area contributed by atoms with Gasteiger partial charge in [0.2, 0.25) is 0 Å². The number of hydrogen-bond donors (Lipinski definition) is 0. The zero-order valence-electron chi connectivity index (χ0n) is 11.0. The molecule has 1 heterocycles. The fourth-order valence-electron chi connectivity index (χ4n) is 1.90. The molecule has 0 unspecified atom stereocenters. The molecule has 0 bridgehead atoms. The van der Waals surface area contributed by atoms with Gasteiger partial charge in [-0.25, -0.2) is 4.79 Å². The van der Waals surface area contributed by atoms with Gasteiger partial charge in [-0.1, -0.05) is 19.8 Å². The Balaban J connectivity index is 0.000000686. The summed E-state index contributed by atoms with van der Waals surface area (Å²) in [4.78, 5) is 11.7. The highest BCUT2D eigenvalue weighted by atomic mass is 16.1. The maximum atomic E-state index is 11.7. The van der Waals surface area contributed by atoms with Crippen molar-refractivity contribution in [2.45, 2.75) is 20.8 Å². The Morgan fingerprint density at radius 2 is 1.76 bits per heavy atom. The van der Waals surface area contributed by atoms with Crippen LogP contribution in [-0.2, 0) is 14.1 Å². The molecule has 0 atom stereocenters. The first-order chi connectivity index (χ1) is 8.06. The topological polar surface area (TPSA) is 26.9 Å². The molecule has 0 saturated carbocycles. The maximum Gasteiger partial charge on any atom is 0.328 e. The molecule has 0 aliphatic heterocycles. The quantitative estimate of drug-likeness (QED) is 0.637. The van der Waals surface area contributed by atoms with E-state index in [1.165, 1.54) is 0 Å². The van der Waals surface area contributed by atoms with Crippen LogP contribution in [0, 0.1) is 19.3 Å². The van der Waals surface area contributed by atoms with Gasteiger partial charge in [0.1, 0.15) is 0 Å². The van der Waals surface area contributed by atoms with Crippen LogP contribution in [0.4, 0.5) is 0 Å². The van der Waals surface area contributed by atoms with Crippen LogP contribution in [0.5, 0.6) is 0 Å². The minimum atomic E-state index is -0.0490. The van der Waals surface area contributed by atoms with Crippen LogP contribution >= 0.6 is 0 Å². The Kier molecular flexibility index (Phi) is 3.80. The van der Waals surface area contributed by atoms with Crippen LogP contribution in [0.2, 0.25) is 0 Å². The molecule has 0 saturated heterocycles. The summed E-state index contributed by atoms with van der Waals surface area (Å²) >= 11 is 0. The van der Waals surface area contributed by atoms with E-state index >= 15 is 0 Å². The van der Waals surface area contributed by atoms with Crippen LogP contribution in [0.25, 0.3) is 11.0 Å². The standard InChI is InChI=1S/C12H12N2O.C2H6/c1-5-9-6-8(2)7-10-11(9)14(4)12(15)13(10)3;1-2/h1,6-7H,2-4H3;1-2H3. The molecular formula is C14H18N2O. The summed E-state index contributed by atoms with van der Waals surface area (Å²) in [5.41, 5.74) is 3.50. The van der Waals surface area contributed by atoms with Crippen molar-refractivity contribution in [2.24, 2.45) is 14.1 Å². The van der Waals surface area contributed by atoms with Crippen molar-refractivity contribution in [1.82, 2.24) is 9.13 Å². The lowest BCUT2D eigenvalue weighted by atomic mass is 10.1. The number of terminal acetylenes is 1. The Morgan fingerprint density at radius 3 is 2.29 bits per heavy atom. The smallest absolute Gasteiger partial charge is 0.295 e. The first-order valence-corrected chi connectivity index (χ1v) is 5.69. The number of nitrogens with zero attached hydrogens (tertiary/aromatic N) is 2. The number of rotatable bonds is 0. The van der Waals surface area contributed by atoms with Gasteiger partial charge in [-0.15, -0.1) is 6.42 Å². The van der Waals surface area contributed by atoms with E-state index in [9.17, 15) is 4.79 Å². The number of fused-ring (bicyclic) bond motifs is 1. The molecule has 0 aliphatic rings. The summed E-state index contributed by atoms with van der Waals surface area (Å²) in [6.45, 7) is 5.97. The average Bonchev–Trinajstić information content (AvgIpc) is 2.56. The number of hydrogen-bond acceptors (Lipinski definition) is 1. The van der Waals surface area contributed by atoms with Gasteiger partial charge in [-0.2, -0.15) is 0 Å². The highest BCUT2D eigenvalue weighted by molar-refractivity contribution is 5.83. The van der Waals surface area contributed by atoms with Crippen molar-refractivity contribution >= 4 is 11.0 Å². The lowest BCUT2D eigenvalue weighted by molar-refractivity contribution is 0.795. The lowest BCUT2D eigenvalue weighted by Gasteiger charge is -2.00. The summed E-state index contributed by atoms with van der Waals surface area (Å²) in [6, 6.07) is 3.89. The van der Waals surface area contributed by atoms with Crippen molar-refractivity contribution in [1.29, 1.82) is 0 Å². The molecular weight excluding hydrogens is 212 g/mol. The van der Waals surface area contributed by atoms with Crippen LogP contribution < -0.4 is 5.69 Å². The number of imidazole rings is 1. The van der Waals surface area contributed by atoms with Crippen LogP contribution in [0.15, 0.2) is 16.9 Å². The Morgan fingerprint density at radius 1 is 1.18 bits per heavy atom. The van der Waals surface area contributed by atoms with Crippen molar-refractivity contribution in [3.63, 3.8) is 0 Å². The van der Waals surface area contributed by atoms with E-state index in [4.69, 9.17) is 6.42 Å². The van der Waals surface area contributed by atoms with Gasteiger partial charge in [0, 0.05) is 14.1 Å². The molecule has 90 valence electrons. The Hall–Kier alpha value is -1.95. The monoisotopic (exact) mass is 230 g/mol. The van der Waals surface area contributed by atoms with E-state index in [2.05, 4.69) is 5.92 Å². The fourth-order valence-corrected chi connectivity index (χ4v) is 1.90. The second-order valence-electron chi connectivity index (χ2n) is 3.73. The van der Waals surface area contributed by atoms with Crippen LogP contribution in [0.3, 0.4) is 0 Å². The van der Waals surface area contributed by atoms with Gasteiger partial charge in [0.15, 0.2) is 0 Å². The van der Waals surface area contributed by atoms with E-state index in [-0.39, 0.29) is 5.69 Å². The number of aromatic nitrogens is 2. The predicted octanol–water partition coefficient (Wildman–Crippen LogP) is 2.19. The summed E-state index contributed by atoms with van der Waals surface area (Å²) in [5.74, 6) is 2.62. The molecule has 0 radical (unpaired) electrons.